The van der Waals surface area contributed by atoms with Gasteiger partial charge in [-0.05, 0) is 56.1 Å². The van der Waals surface area contributed by atoms with Gasteiger partial charge in [0.2, 0.25) is 0 Å². The minimum atomic E-state index is -0.791. The van der Waals surface area contributed by atoms with Crippen molar-refractivity contribution in [3.8, 4) is 0 Å². The SMILES string of the molecule is O=C(O)N1CCC(C[C@H](Nc2ccc(Cl)cn2)C2CC2)CC1. The number of hydrogen-bond donors (Lipinski definition) is 2. The lowest BCUT2D eigenvalue weighted by atomic mass is 9.88. The second kappa shape index (κ2) is 6.73. The molecule has 1 aromatic rings. The molecule has 6 heteroatoms. The molecule has 22 heavy (non-hydrogen) atoms. The van der Waals surface area contributed by atoms with E-state index >= 15 is 0 Å². The summed E-state index contributed by atoms with van der Waals surface area (Å²) < 4.78 is 0. The van der Waals surface area contributed by atoms with Gasteiger partial charge in [-0.25, -0.2) is 9.78 Å². The van der Waals surface area contributed by atoms with Crippen molar-refractivity contribution >= 4 is 23.5 Å². The third-order valence-corrected chi connectivity index (χ3v) is 4.95. The van der Waals surface area contributed by atoms with E-state index in [1.54, 1.807) is 6.20 Å². The van der Waals surface area contributed by atoms with Gasteiger partial charge in [-0.2, -0.15) is 0 Å². The van der Waals surface area contributed by atoms with Crippen LogP contribution in [0.2, 0.25) is 5.02 Å². The Morgan fingerprint density at radius 3 is 2.64 bits per heavy atom. The van der Waals surface area contributed by atoms with Crippen LogP contribution in [0.25, 0.3) is 0 Å². The topological polar surface area (TPSA) is 65.5 Å². The van der Waals surface area contributed by atoms with Crippen LogP contribution in [0.1, 0.15) is 32.1 Å². The molecule has 1 saturated heterocycles. The van der Waals surface area contributed by atoms with E-state index in [2.05, 4.69) is 10.3 Å². The number of nitrogens with one attached hydrogen (secondary N) is 1. The Morgan fingerprint density at radius 1 is 1.36 bits per heavy atom. The molecule has 1 aliphatic heterocycles. The van der Waals surface area contributed by atoms with Crippen molar-refractivity contribution in [2.24, 2.45) is 11.8 Å². The van der Waals surface area contributed by atoms with E-state index in [0.29, 0.717) is 30.1 Å². The summed E-state index contributed by atoms with van der Waals surface area (Å²) in [7, 11) is 0. The maximum Gasteiger partial charge on any atom is 0.407 e. The first kappa shape index (κ1) is 15.4. The number of carboxylic acid groups (broad SMARTS) is 1. The summed E-state index contributed by atoms with van der Waals surface area (Å²) in [5.74, 6) is 2.21. The Kier molecular flexibility index (Phi) is 4.71. The van der Waals surface area contributed by atoms with Gasteiger partial charge in [-0.3, -0.25) is 0 Å². The molecule has 1 aliphatic carbocycles. The van der Waals surface area contributed by atoms with Crippen LogP contribution < -0.4 is 5.32 Å². The number of carbonyl (C=O) groups is 1. The van der Waals surface area contributed by atoms with Gasteiger partial charge in [-0.1, -0.05) is 11.6 Å². The first-order chi connectivity index (χ1) is 10.6. The molecule has 3 rings (SSSR count). The summed E-state index contributed by atoms with van der Waals surface area (Å²) in [4.78, 5) is 16.8. The maximum absolute atomic E-state index is 11.0. The van der Waals surface area contributed by atoms with Crippen molar-refractivity contribution in [1.29, 1.82) is 0 Å². The Bertz CT molecular complexity index is 511. The van der Waals surface area contributed by atoms with Crippen molar-refractivity contribution < 1.29 is 9.90 Å². The highest BCUT2D eigenvalue weighted by Crippen LogP contribution is 2.38. The zero-order valence-electron chi connectivity index (χ0n) is 12.5. The monoisotopic (exact) mass is 323 g/mol. The molecule has 0 unspecified atom stereocenters. The Morgan fingerprint density at radius 2 is 2.09 bits per heavy atom. The lowest BCUT2D eigenvalue weighted by Crippen LogP contribution is -2.39. The third kappa shape index (κ3) is 4.03. The zero-order valence-corrected chi connectivity index (χ0v) is 13.3. The predicted octanol–water partition coefficient (Wildman–Crippen LogP) is 3.71. The Labute approximate surface area is 135 Å². The molecule has 1 atom stereocenters. The van der Waals surface area contributed by atoms with E-state index in [0.717, 1.165) is 31.0 Å². The van der Waals surface area contributed by atoms with Gasteiger partial charge >= 0.3 is 6.09 Å². The normalized spacial score (nSPS) is 20.7. The van der Waals surface area contributed by atoms with Gasteiger partial charge in [0.25, 0.3) is 0 Å². The third-order valence-electron chi connectivity index (χ3n) is 4.72. The number of hydrogen-bond acceptors (Lipinski definition) is 3. The molecular formula is C16H22ClN3O2. The van der Waals surface area contributed by atoms with E-state index in [1.165, 1.54) is 17.7 Å². The van der Waals surface area contributed by atoms with Crippen LogP contribution in [0.15, 0.2) is 18.3 Å². The highest BCUT2D eigenvalue weighted by molar-refractivity contribution is 6.30. The van der Waals surface area contributed by atoms with Crippen molar-refractivity contribution in [1.82, 2.24) is 9.88 Å². The molecule has 2 N–H and O–H groups in total. The van der Waals surface area contributed by atoms with Gasteiger partial charge in [0.05, 0.1) is 5.02 Å². The first-order valence-electron chi connectivity index (χ1n) is 7.98. The average Bonchev–Trinajstić information content (AvgIpc) is 3.34. The summed E-state index contributed by atoms with van der Waals surface area (Å²) in [6.45, 7) is 1.33. The fraction of sp³-hybridized carbons (Fsp3) is 0.625. The second-order valence-electron chi connectivity index (χ2n) is 6.40. The Hall–Kier alpha value is -1.49. The Balaban J connectivity index is 1.54. The van der Waals surface area contributed by atoms with Crippen LogP contribution >= 0.6 is 11.6 Å². The van der Waals surface area contributed by atoms with Gasteiger partial charge in [0.15, 0.2) is 0 Å². The molecule has 2 heterocycles. The quantitative estimate of drug-likeness (QED) is 0.867. The lowest BCUT2D eigenvalue weighted by Gasteiger charge is -2.32. The number of likely N-dealkylation sites (tertiary alicyclic amines) is 1. The number of halogens is 1. The van der Waals surface area contributed by atoms with E-state index in [-0.39, 0.29) is 0 Å². The number of nitrogens with zero attached hydrogens (tertiary/aromatic N) is 2. The van der Waals surface area contributed by atoms with Crippen molar-refractivity contribution in [2.75, 3.05) is 18.4 Å². The van der Waals surface area contributed by atoms with Crippen LogP contribution in [0, 0.1) is 11.8 Å². The molecule has 0 spiro atoms. The van der Waals surface area contributed by atoms with Crippen LogP contribution in [0.3, 0.4) is 0 Å². The predicted molar refractivity (Wildman–Crippen MR) is 86.3 cm³/mol. The van der Waals surface area contributed by atoms with Gasteiger partial charge in [0, 0.05) is 25.3 Å². The first-order valence-corrected chi connectivity index (χ1v) is 8.35. The number of rotatable bonds is 5. The number of amides is 1. The summed E-state index contributed by atoms with van der Waals surface area (Å²) in [5, 5.41) is 13.2. The van der Waals surface area contributed by atoms with Crippen molar-refractivity contribution in [3.63, 3.8) is 0 Å². The second-order valence-corrected chi connectivity index (χ2v) is 6.84. The van der Waals surface area contributed by atoms with Crippen LogP contribution in [0.5, 0.6) is 0 Å². The van der Waals surface area contributed by atoms with Gasteiger partial charge in [0.1, 0.15) is 5.82 Å². The van der Waals surface area contributed by atoms with Gasteiger partial charge < -0.3 is 15.3 Å². The summed E-state index contributed by atoms with van der Waals surface area (Å²) in [5.41, 5.74) is 0. The van der Waals surface area contributed by atoms with Gasteiger partial charge in [-0.15, -0.1) is 0 Å². The van der Waals surface area contributed by atoms with E-state index in [9.17, 15) is 4.79 Å². The minimum Gasteiger partial charge on any atom is -0.465 e. The van der Waals surface area contributed by atoms with E-state index in [4.69, 9.17) is 16.7 Å². The molecular weight excluding hydrogens is 302 g/mol. The molecule has 2 fully saturated rings. The van der Waals surface area contributed by atoms with E-state index in [1.807, 2.05) is 12.1 Å². The summed E-state index contributed by atoms with van der Waals surface area (Å²) in [6.07, 6.45) is 6.46. The summed E-state index contributed by atoms with van der Waals surface area (Å²) >= 11 is 5.88. The summed E-state index contributed by atoms with van der Waals surface area (Å²) in [6, 6.07) is 4.21. The standard InChI is InChI=1S/C16H22ClN3O2/c17-13-3-4-15(18-10-13)19-14(12-1-2-12)9-11-5-7-20(8-6-11)16(21)22/h3-4,10-12,14H,1-2,5-9H2,(H,18,19)(H,21,22)/t14-/m0/s1. The number of pyridine rings is 1. The van der Waals surface area contributed by atoms with Crippen LogP contribution in [-0.2, 0) is 0 Å². The van der Waals surface area contributed by atoms with Crippen molar-refractivity contribution in [3.05, 3.63) is 23.4 Å². The molecule has 2 aliphatic rings. The smallest absolute Gasteiger partial charge is 0.407 e. The van der Waals surface area contributed by atoms with Crippen LogP contribution in [-0.4, -0.2) is 40.2 Å². The molecule has 120 valence electrons. The van der Waals surface area contributed by atoms with Crippen LogP contribution in [0.4, 0.5) is 10.6 Å². The molecule has 0 radical (unpaired) electrons. The highest BCUT2D eigenvalue weighted by atomic mass is 35.5. The fourth-order valence-corrected chi connectivity index (χ4v) is 3.35. The largest absolute Gasteiger partial charge is 0.465 e. The highest BCUT2D eigenvalue weighted by Gasteiger charge is 2.34. The maximum atomic E-state index is 11.0. The van der Waals surface area contributed by atoms with Crippen molar-refractivity contribution in [2.45, 2.75) is 38.1 Å². The molecule has 1 amide bonds. The average molecular weight is 324 g/mol. The molecule has 5 nitrogen and oxygen atoms in total. The number of aromatic nitrogens is 1. The zero-order chi connectivity index (χ0) is 15.5. The molecule has 1 saturated carbocycles. The fourth-order valence-electron chi connectivity index (χ4n) is 3.24. The minimum absolute atomic E-state index is 0.440. The molecule has 0 bridgehead atoms. The molecule has 1 aromatic heterocycles. The lowest BCUT2D eigenvalue weighted by molar-refractivity contribution is 0.122. The number of anilines is 1. The molecule has 0 aromatic carbocycles. The number of piperidine rings is 1. The van der Waals surface area contributed by atoms with E-state index < -0.39 is 6.09 Å².